The van der Waals surface area contributed by atoms with Gasteiger partial charge in [-0.25, -0.2) is 0 Å². The molecule has 3 amide bonds. The Morgan fingerprint density at radius 2 is 1.96 bits per heavy atom. The molecule has 4 N–H and O–H groups in total. The summed E-state index contributed by atoms with van der Waals surface area (Å²) in [5.41, 5.74) is 7.31. The van der Waals surface area contributed by atoms with Gasteiger partial charge in [-0.05, 0) is 23.6 Å². The lowest BCUT2D eigenvalue weighted by Crippen LogP contribution is -2.49. The van der Waals surface area contributed by atoms with Crippen LogP contribution in [0, 0.1) is 5.92 Å². The van der Waals surface area contributed by atoms with Gasteiger partial charge in [-0.2, -0.15) is 0 Å². The van der Waals surface area contributed by atoms with Gasteiger partial charge >= 0.3 is 0 Å². The first kappa shape index (κ1) is 21.9. The Kier molecular flexibility index (Phi) is 8.54. The van der Waals surface area contributed by atoms with E-state index in [0.717, 1.165) is 12.0 Å². The maximum absolute atomic E-state index is 12.4. The van der Waals surface area contributed by atoms with Crippen LogP contribution in [-0.2, 0) is 16.1 Å². The molecule has 0 aliphatic carbocycles. The molecule has 7 nitrogen and oxygen atoms in total. The number of nitrogens with one attached hydrogen (secondary N) is 2. The average Bonchev–Trinajstić information content (AvgIpc) is 2.64. The van der Waals surface area contributed by atoms with Crippen LogP contribution in [0.3, 0.4) is 0 Å². The summed E-state index contributed by atoms with van der Waals surface area (Å²) in [5.74, 6) is -0.351. The van der Waals surface area contributed by atoms with E-state index in [9.17, 15) is 14.4 Å². The van der Waals surface area contributed by atoms with Gasteiger partial charge in [0.05, 0.1) is 12.6 Å². The number of benzene rings is 1. The van der Waals surface area contributed by atoms with Crippen LogP contribution in [0.15, 0.2) is 24.3 Å². The molecule has 8 heteroatoms. The third-order valence-electron chi connectivity index (χ3n) is 4.55. The predicted molar refractivity (Wildman–Crippen MR) is 102 cm³/mol. The Labute approximate surface area is 160 Å². The number of hydrogen-bond donors (Lipinski definition) is 3. The van der Waals surface area contributed by atoms with Crippen molar-refractivity contribution in [2.45, 2.75) is 32.9 Å². The van der Waals surface area contributed by atoms with E-state index in [1.165, 1.54) is 4.90 Å². The van der Waals surface area contributed by atoms with Crippen LogP contribution in [0.25, 0.3) is 0 Å². The number of nitrogens with two attached hydrogens (primary N) is 1. The summed E-state index contributed by atoms with van der Waals surface area (Å²) in [5, 5.41) is 5.51. The maximum atomic E-state index is 12.4. The Bertz CT molecular complexity index is 636. The van der Waals surface area contributed by atoms with Crippen molar-refractivity contribution in [1.29, 1.82) is 0 Å². The summed E-state index contributed by atoms with van der Waals surface area (Å²) in [4.78, 5) is 37.3. The first-order valence-corrected chi connectivity index (χ1v) is 8.60. The van der Waals surface area contributed by atoms with Gasteiger partial charge in [0.25, 0.3) is 5.91 Å². The fourth-order valence-electron chi connectivity index (χ4n) is 2.58. The third kappa shape index (κ3) is 5.71. The van der Waals surface area contributed by atoms with Gasteiger partial charge < -0.3 is 21.3 Å². The van der Waals surface area contributed by atoms with Crippen molar-refractivity contribution in [2.75, 3.05) is 19.6 Å². The molecule has 1 aromatic carbocycles. The molecule has 2 rings (SSSR count). The number of carbonyl (C=O) groups excluding carboxylic acids is 3. The topological polar surface area (TPSA) is 105 Å². The molecular weight excluding hydrogens is 356 g/mol. The molecule has 0 bridgehead atoms. The van der Waals surface area contributed by atoms with Crippen LogP contribution in [0.2, 0.25) is 0 Å². The fraction of sp³-hybridized carbons (Fsp3) is 0.500. The van der Waals surface area contributed by atoms with Crippen LogP contribution < -0.4 is 16.4 Å². The van der Waals surface area contributed by atoms with E-state index in [0.29, 0.717) is 25.2 Å². The van der Waals surface area contributed by atoms with Crippen LogP contribution in [0.5, 0.6) is 0 Å². The molecule has 1 aliphatic rings. The minimum atomic E-state index is -0.518. The number of nitrogens with zero attached hydrogens (tertiary/aromatic N) is 1. The van der Waals surface area contributed by atoms with Crippen LogP contribution in [0.4, 0.5) is 0 Å². The molecular formula is C18H27ClN4O3. The number of halogens is 1. The molecule has 0 radical (unpaired) electrons. The van der Waals surface area contributed by atoms with Crippen LogP contribution in [0.1, 0.15) is 36.2 Å². The van der Waals surface area contributed by atoms with E-state index in [-0.39, 0.29) is 42.6 Å². The molecule has 1 fully saturated rings. The first-order valence-electron chi connectivity index (χ1n) is 8.60. The van der Waals surface area contributed by atoms with E-state index in [1.54, 1.807) is 24.3 Å². The second-order valence-corrected chi connectivity index (χ2v) is 6.40. The molecule has 1 aliphatic heterocycles. The highest BCUT2D eigenvalue weighted by Gasteiger charge is 2.22. The van der Waals surface area contributed by atoms with E-state index in [4.69, 9.17) is 5.73 Å². The number of rotatable bonds is 6. The van der Waals surface area contributed by atoms with Crippen molar-refractivity contribution in [1.82, 2.24) is 15.5 Å². The highest BCUT2D eigenvalue weighted by atomic mass is 35.5. The maximum Gasteiger partial charge on any atom is 0.254 e. The van der Waals surface area contributed by atoms with Crippen LogP contribution in [-0.4, -0.2) is 48.3 Å². The number of amides is 3. The minimum Gasteiger partial charge on any atom is -0.353 e. The van der Waals surface area contributed by atoms with Gasteiger partial charge in [0.15, 0.2) is 0 Å². The number of carbonyl (C=O) groups is 3. The third-order valence-corrected chi connectivity index (χ3v) is 4.55. The molecule has 1 saturated heterocycles. The van der Waals surface area contributed by atoms with Gasteiger partial charge in [-0.15, -0.1) is 12.4 Å². The zero-order valence-corrected chi connectivity index (χ0v) is 16.0. The second-order valence-electron chi connectivity index (χ2n) is 6.40. The molecule has 0 spiro atoms. The van der Waals surface area contributed by atoms with E-state index in [1.807, 2.05) is 13.8 Å². The molecule has 0 aromatic heterocycles. The number of piperazine rings is 1. The normalized spacial score (nSPS) is 16.1. The van der Waals surface area contributed by atoms with E-state index in [2.05, 4.69) is 10.6 Å². The quantitative estimate of drug-likeness (QED) is 0.672. The summed E-state index contributed by atoms with van der Waals surface area (Å²) >= 11 is 0. The molecule has 0 saturated carbocycles. The molecule has 2 atom stereocenters. The second kappa shape index (κ2) is 10.1. The van der Waals surface area contributed by atoms with Gasteiger partial charge in [0.2, 0.25) is 11.8 Å². The monoisotopic (exact) mass is 382 g/mol. The first-order chi connectivity index (χ1) is 11.9. The zero-order chi connectivity index (χ0) is 18.4. The molecule has 1 heterocycles. The predicted octanol–water partition coefficient (Wildman–Crippen LogP) is 0.670. The SMILES string of the molecule is CCC(C)C(N)C(=O)NCc1ccc(C(=O)N2CCNC(=O)C2)cc1.Cl. The minimum absolute atomic E-state index is 0. The lowest BCUT2D eigenvalue weighted by Gasteiger charge is -2.26. The van der Waals surface area contributed by atoms with Crippen molar-refractivity contribution in [2.24, 2.45) is 11.7 Å². The summed E-state index contributed by atoms with van der Waals surface area (Å²) in [6.07, 6.45) is 0.847. The fourth-order valence-corrected chi connectivity index (χ4v) is 2.58. The summed E-state index contributed by atoms with van der Waals surface area (Å²) in [6.45, 7) is 5.39. The van der Waals surface area contributed by atoms with Crippen molar-refractivity contribution in [3.05, 3.63) is 35.4 Å². The van der Waals surface area contributed by atoms with Gasteiger partial charge in [-0.3, -0.25) is 14.4 Å². The molecule has 1 aromatic rings. The van der Waals surface area contributed by atoms with Crippen molar-refractivity contribution >= 4 is 30.1 Å². The van der Waals surface area contributed by atoms with Crippen molar-refractivity contribution in [3.8, 4) is 0 Å². The van der Waals surface area contributed by atoms with E-state index >= 15 is 0 Å². The highest BCUT2D eigenvalue weighted by molar-refractivity contribution is 5.97. The van der Waals surface area contributed by atoms with Crippen molar-refractivity contribution in [3.63, 3.8) is 0 Å². The Hall–Kier alpha value is -2.12. The summed E-state index contributed by atoms with van der Waals surface area (Å²) in [7, 11) is 0. The smallest absolute Gasteiger partial charge is 0.254 e. The average molecular weight is 383 g/mol. The largest absolute Gasteiger partial charge is 0.353 e. The Morgan fingerprint density at radius 1 is 1.31 bits per heavy atom. The standard InChI is InChI=1S/C18H26N4O3.ClH/c1-3-12(2)16(19)17(24)21-10-13-4-6-14(7-5-13)18(25)22-9-8-20-15(23)11-22;/h4-7,12,16H,3,8-11,19H2,1-2H3,(H,20,23)(H,21,24);1H. The molecule has 144 valence electrons. The molecule has 26 heavy (non-hydrogen) atoms. The van der Waals surface area contributed by atoms with Gasteiger partial charge in [0, 0.05) is 25.2 Å². The van der Waals surface area contributed by atoms with Gasteiger partial charge in [0.1, 0.15) is 0 Å². The lowest BCUT2D eigenvalue weighted by atomic mass is 9.99. The summed E-state index contributed by atoms with van der Waals surface area (Å²) < 4.78 is 0. The number of hydrogen-bond acceptors (Lipinski definition) is 4. The van der Waals surface area contributed by atoms with Gasteiger partial charge in [-0.1, -0.05) is 32.4 Å². The summed E-state index contributed by atoms with van der Waals surface area (Å²) in [6, 6.07) is 6.50. The lowest BCUT2D eigenvalue weighted by molar-refractivity contribution is -0.124. The van der Waals surface area contributed by atoms with E-state index < -0.39 is 6.04 Å². The Morgan fingerprint density at radius 3 is 2.54 bits per heavy atom. The highest BCUT2D eigenvalue weighted by Crippen LogP contribution is 2.10. The van der Waals surface area contributed by atoms with Crippen LogP contribution >= 0.6 is 12.4 Å². The Balaban J connectivity index is 0.00000338. The zero-order valence-electron chi connectivity index (χ0n) is 15.2. The van der Waals surface area contributed by atoms with Crippen molar-refractivity contribution < 1.29 is 14.4 Å². The molecule has 2 unspecified atom stereocenters.